The summed E-state index contributed by atoms with van der Waals surface area (Å²) in [4.78, 5) is 10.1. The first-order valence-corrected chi connectivity index (χ1v) is 5.09. The molecule has 0 unspecified atom stereocenters. The van der Waals surface area contributed by atoms with Crippen molar-refractivity contribution in [2.75, 3.05) is 13.1 Å². The summed E-state index contributed by atoms with van der Waals surface area (Å²) in [5.74, 6) is -1.11. The van der Waals surface area contributed by atoms with Crippen LogP contribution in [0, 0.1) is 0 Å². The van der Waals surface area contributed by atoms with Gasteiger partial charge in [0.1, 0.15) is 6.26 Å². The van der Waals surface area contributed by atoms with Crippen molar-refractivity contribution in [1.82, 2.24) is 5.32 Å². The number of hydrogen-bond acceptors (Lipinski definition) is 3. The van der Waals surface area contributed by atoms with E-state index in [1.54, 1.807) is 0 Å². The number of carboxylic acid groups (broad SMARTS) is 1. The molecule has 2 N–H and O–H groups in total. The van der Waals surface area contributed by atoms with Gasteiger partial charge in [0, 0.05) is 6.07 Å². The molecule has 0 amide bonds. The van der Waals surface area contributed by atoms with E-state index >= 15 is 0 Å². The molecule has 0 spiro atoms. The van der Waals surface area contributed by atoms with Gasteiger partial charge in [-0.05, 0) is 29.0 Å². The Morgan fingerprint density at radius 3 is 2.29 bits per heavy atom. The highest BCUT2D eigenvalue weighted by Gasteiger charge is 2.05. The number of carboxylic acids is 1. The smallest absolute Gasteiger partial charge is 0.371 e. The molecule has 0 bridgehead atoms. The van der Waals surface area contributed by atoms with E-state index in [2.05, 4.69) is 39.5 Å². The summed E-state index contributed by atoms with van der Waals surface area (Å²) < 4.78 is 5.22. The molecule has 0 aliphatic rings. The lowest BCUT2D eigenvalue weighted by Crippen LogP contribution is -2.09. The van der Waals surface area contributed by atoms with E-state index in [-0.39, 0.29) is 5.76 Å². The summed E-state index contributed by atoms with van der Waals surface area (Å²) >= 11 is 3.04. The molecule has 1 heterocycles. The van der Waals surface area contributed by atoms with Crippen molar-refractivity contribution < 1.29 is 14.3 Å². The summed E-state index contributed by atoms with van der Waals surface area (Å²) in [6.45, 7) is 6.39. The molecule has 0 saturated heterocycles. The first kappa shape index (κ1) is 13.2. The van der Waals surface area contributed by atoms with Gasteiger partial charge < -0.3 is 14.8 Å². The van der Waals surface area contributed by atoms with Crippen LogP contribution in [0.2, 0.25) is 0 Å². The van der Waals surface area contributed by atoms with Gasteiger partial charge in [-0.1, -0.05) is 13.8 Å². The zero-order valence-corrected chi connectivity index (χ0v) is 9.80. The largest absolute Gasteiger partial charge is 0.475 e. The molecule has 80 valence electrons. The maximum atomic E-state index is 10.1. The Balaban J connectivity index is 0.000000292. The summed E-state index contributed by atoms with van der Waals surface area (Å²) in [7, 11) is 0. The van der Waals surface area contributed by atoms with Crippen molar-refractivity contribution in [1.29, 1.82) is 0 Å². The zero-order chi connectivity index (χ0) is 11.0. The molecule has 0 aliphatic heterocycles. The highest BCUT2D eigenvalue weighted by molar-refractivity contribution is 9.10. The number of aromatic carboxylic acids is 1. The second-order valence-electron chi connectivity index (χ2n) is 2.39. The summed E-state index contributed by atoms with van der Waals surface area (Å²) in [6, 6.07) is 1.39. The molecular weight excluding hydrogens is 250 g/mol. The summed E-state index contributed by atoms with van der Waals surface area (Å²) in [5, 5.41) is 11.4. The number of nitrogens with one attached hydrogen (secondary N) is 1. The van der Waals surface area contributed by atoms with Gasteiger partial charge in [0.05, 0.1) is 4.47 Å². The van der Waals surface area contributed by atoms with Crippen LogP contribution in [0.25, 0.3) is 0 Å². The van der Waals surface area contributed by atoms with Crippen LogP contribution >= 0.6 is 15.9 Å². The van der Waals surface area contributed by atoms with Crippen LogP contribution in [0.4, 0.5) is 0 Å². The molecule has 4 nitrogen and oxygen atoms in total. The predicted octanol–water partition coefficient (Wildman–Crippen LogP) is 2.36. The van der Waals surface area contributed by atoms with Crippen molar-refractivity contribution in [3.8, 4) is 0 Å². The standard InChI is InChI=1S/C5H3BrO3.C4H11N/c6-3-1-4(5(7)8)9-2-3;1-3-5-4-2/h1-2H,(H,7,8);5H,3-4H2,1-2H3. The van der Waals surface area contributed by atoms with E-state index in [4.69, 9.17) is 5.11 Å². The van der Waals surface area contributed by atoms with E-state index < -0.39 is 5.97 Å². The minimum absolute atomic E-state index is 0.0538. The van der Waals surface area contributed by atoms with Crippen LogP contribution in [0.15, 0.2) is 21.2 Å². The average molecular weight is 264 g/mol. The lowest BCUT2D eigenvalue weighted by atomic mass is 10.5. The fourth-order valence-corrected chi connectivity index (χ4v) is 0.977. The van der Waals surface area contributed by atoms with Gasteiger partial charge in [-0.2, -0.15) is 0 Å². The van der Waals surface area contributed by atoms with Gasteiger partial charge in [-0.3, -0.25) is 0 Å². The third kappa shape index (κ3) is 5.77. The molecule has 5 heteroatoms. The van der Waals surface area contributed by atoms with Gasteiger partial charge in [0.2, 0.25) is 5.76 Å². The van der Waals surface area contributed by atoms with E-state index in [0.29, 0.717) is 4.47 Å². The third-order valence-electron chi connectivity index (χ3n) is 1.28. The van der Waals surface area contributed by atoms with Crippen molar-refractivity contribution >= 4 is 21.9 Å². The van der Waals surface area contributed by atoms with Crippen LogP contribution in [0.5, 0.6) is 0 Å². The molecule has 0 radical (unpaired) electrons. The fraction of sp³-hybridized carbons (Fsp3) is 0.444. The van der Waals surface area contributed by atoms with E-state index in [1.807, 2.05) is 0 Å². The number of halogens is 1. The Bertz CT molecular complexity index is 271. The highest BCUT2D eigenvalue weighted by Crippen LogP contribution is 2.13. The molecule has 0 aromatic carbocycles. The fourth-order valence-electron chi connectivity index (χ4n) is 0.675. The highest BCUT2D eigenvalue weighted by atomic mass is 79.9. The molecule has 0 aliphatic carbocycles. The molecule has 1 aromatic heterocycles. The number of carbonyl (C=O) groups is 1. The van der Waals surface area contributed by atoms with Crippen molar-refractivity contribution in [2.24, 2.45) is 0 Å². The third-order valence-corrected chi connectivity index (χ3v) is 1.69. The normalized spacial score (nSPS) is 9.07. The average Bonchev–Trinajstić information content (AvgIpc) is 2.54. The first-order valence-electron chi connectivity index (χ1n) is 4.29. The second kappa shape index (κ2) is 7.58. The van der Waals surface area contributed by atoms with Gasteiger partial charge in [0.15, 0.2) is 0 Å². The Morgan fingerprint density at radius 1 is 1.57 bits per heavy atom. The SMILES string of the molecule is CCNCC.O=C(O)c1cc(Br)co1. The van der Waals surface area contributed by atoms with Crippen molar-refractivity contribution in [3.05, 3.63) is 22.6 Å². The lowest BCUT2D eigenvalue weighted by molar-refractivity contribution is 0.0662. The first-order chi connectivity index (χ1) is 6.61. The maximum Gasteiger partial charge on any atom is 0.371 e. The molecule has 1 aromatic rings. The minimum Gasteiger partial charge on any atom is -0.475 e. The van der Waals surface area contributed by atoms with Crippen LogP contribution in [0.1, 0.15) is 24.4 Å². The van der Waals surface area contributed by atoms with E-state index in [1.165, 1.54) is 12.3 Å². The molecule has 1 rings (SSSR count). The summed E-state index contributed by atoms with van der Waals surface area (Å²) in [5.41, 5.74) is 0. The quantitative estimate of drug-likeness (QED) is 0.879. The van der Waals surface area contributed by atoms with Gasteiger partial charge in [-0.15, -0.1) is 0 Å². The van der Waals surface area contributed by atoms with Gasteiger partial charge >= 0.3 is 5.97 Å². The molecule has 0 saturated carbocycles. The van der Waals surface area contributed by atoms with Crippen LogP contribution in [0.3, 0.4) is 0 Å². The Morgan fingerprint density at radius 2 is 2.14 bits per heavy atom. The van der Waals surface area contributed by atoms with E-state index in [0.717, 1.165) is 13.1 Å². The number of hydrogen-bond donors (Lipinski definition) is 2. The molecular formula is C9H14BrNO3. The minimum atomic E-state index is -1.05. The monoisotopic (exact) mass is 263 g/mol. The zero-order valence-electron chi connectivity index (χ0n) is 8.21. The Labute approximate surface area is 91.4 Å². The number of furan rings is 1. The number of rotatable bonds is 3. The molecule has 0 atom stereocenters. The van der Waals surface area contributed by atoms with Crippen LogP contribution < -0.4 is 5.32 Å². The lowest BCUT2D eigenvalue weighted by Gasteiger charge is -1.86. The van der Waals surface area contributed by atoms with Crippen LogP contribution in [-0.4, -0.2) is 24.2 Å². The second-order valence-corrected chi connectivity index (χ2v) is 3.31. The predicted molar refractivity (Wildman–Crippen MR) is 57.6 cm³/mol. The van der Waals surface area contributed by atoms with E-state index in [9.17, 15) is 4.79 Å². The van der Waals surface area contributed by atoms with Gasteiger partial charge in [0.25, 0.3) is 0 Å². The molecule has 14 heavy (non-hydrogen) atoms. The maximum absolute atomic E-state index is 10.1. The topological polar surface area (TPSA) is 62.5 Å². The van der Waals surface area contributed by atoms with Crippen molar-refractivity contribution in [2.45, 2.75) is 13.8 Å². The van der Waals surface area contributed by atoms with Crippen molar-refractivity contribution in [3.63, 3.8) is 0 Å². The summed E-state index contributed by atoms with van der Waals surface area (Å²) in [6.07, 6.45) is 1.32. The Kier molecular flexibility index (Phi) is 7.14. The van der Waals surface area contributed by atoms with Gasteiger partial charge in [-0.25, -0.2) is 4.79 Å². The molecule has 0 fully saturated rings. The Hall–Kier alpha value is -0.810. The van der Waals surface area contributed by atoms with Crippen LogP contribution in [-0.2, 0) is 0 Å².